The van der Waals surface area contributed by atoms with Gasteiger partial charge in [0.1, 0.15) is 0 Å². The van der Waals surface area contributed by atoms with Crippen LogP contribution in [0, 0.1) is 23.7 Å². The molecule has 3 aliphatic rings. The minimum atomic E-state index is -0.152. The highest BCUT2D eigenvalue weighted by Crippen LogP contribution is 2.56. The SMILES string of the molecule is C=C1[C@@H]2C[C@H]3C[C@@H](C2)[C@H](C3)[C@H]1O. The number of hydrogen-bond acceptors (Lipinski definition) is 1. The average Bonchev–Trinajstić information content (AvgIpc) is 2.33. The minimum Gasteiger partial charge on any atom is -0.388 e. The number of hydrogen-bond donors (Lipinski definition) is 1. The van der Waals surface area contributed by atoms with Gasteiger partial charge in [0, 0.05) is 0 Å². The van der Waals surface area contributed by atoms with Crippen LogP contribution in [0.15, 0.2) is 12.2 Å². The maximum Gasteiger partial charge on any atom is 0.0781 e. The van der Waals surface area contributed by atoms with Crippen LogP contribution >= 0.6 is 0 Å². The lowest BCUT2D eigenvalue weighted by Crippen LogP contribution is -2.35. The summed E-state index contributed by atoms with van der Waals surface area (Å²) in [7, 11) is 0. The van der Waals surface area contributed by atoms with Crippen LogP contribution in [0.25, 0.3) is 0 Å². The standard InChI is InChI=1S/C11H16O/c1-6-8-2-7-3-9(5-8)10(4-7)11(6)12/h7-12H,1-5H2/t7-,8+,9-,10-,11-/m0/s1. The van der Waals surface area contributed by atoms with Crippen molar-refractivity contribution in [1.82, 2.24) is 0 Å². The second kappa shape index (κ2) is 2.14. The Morgan fingerprint density at radius 3 is 2.83 bits per heavy atom. The molecule has 0 aromatic rings. The Balaban J connectivity index is 2.01. The number of aliphatic hydroxyl groups is 1. The van der Waals surface area contributed by atoms with Crippen molar-refractivity contribution in [2.75, 3.05) is 0 Å². The minimum absolute atomic E-state index is 0.152. The Hall–Kier alpha value is -0.300. The van der Waals surface area contributed by atoms with E-state index < -0.39 is 0 Å². The molecule has 0 radical (unpaired) electrons. The molecule has 0 spiro atoms. The number of aliphatic hydroxyl groups excluding tert-OH is 1. The molecule has 3 rings (SSSR count). The lowest BCUT2D eigenvalue weighted by Gasteiger charge is -2.38. The summed E-state index contributed by atoms with van der Waals surface area (Å²) in [5.41, 5.74) is 1.15. The van der Waals surface area contributed by atoms with E-state index in [0.29, 0.717) is 11.8 Å². The monoisotopic (exact) mass is 164 g/mol. The molecule has 5 atom stereocenters. The van der Waals surface area contributed by atoms with Crippen LogP contribution in [0.5, 0.6) is 0 Å². The fourth-order valence-electron chi connectivity index (χ4n) is 3.81. The van der Waals surface area contributed by atoms with Crippen LogP contribution in [-0.2, 0) is 0 Å². The van der Waals surface area contributed by atoms with Crippen molar-refractivity contribution in [1.29, 1.82) is 0 Å². The van der Waals surface area contributed by atoms with Crippen LogP contribution in [0.3, 0.4) is 0 Å². The molecule has 3 bridgehead atoms. The second-order valence-electron chi connectivity index (χ2n) is 4.95. The van der Waals surface area contributed by atoms with Crippen LogP contribution in [0.1, 0.15) is 25.7 Å². The van der Waals surface area contributed by atoms with Gasteiger partial charge in [0.25, 0.3) is 0 Å². The molecular weight excluding hydrogens is 148 g/mol. The van der Waals surface area contributed by atoms with Gasteiger partial charge < -0.3 is 5.11 Å². The summed E-state index contributed by atoms with van der Waals surface area (Å²) in [6.07, 6.45) is 5.17. The first kappa shape index (κ1) is 7.14. The zero-order valence-corrected chi connectivity index (χ0v) is 7.37. The van der Waals surface area contributed by atoms with Crippen LogP contribution in [0.4, 0.5) is 0 Å². The molecule has 1 nitrogen and oxygen atoms in total. The van der Waals surface area contributed by atoms with E-state index in [9.17, 15) is 5.11 Å². The van der Waals surface area contributed by atoms with Gasteiger partial charge in [0.15, 0.2) is 0 Å². The van der Waals surface area contributed by atoms with E-state index in [1.165, 1.54) is 25.7 Å². The topological polar surface area (TPSA) is 20.2 Å². The molecule has 0 saturated heterocycles. The largest absolute Gasteiger partial charge is 0.388 e. The molecule has 0 aromatic carbocycles. The van der Waals surface area contributed by atoms with E-state index in [1.807, 2.05) is 0 Å². The molecule has 1 N–H and O–H groups in total. The Kier molecular flexibility index (Phi) is 1.27. The third-order valence-electron chi connectivity index (χ3n) is 4.36. The summed E-state index contributed by atoms with van der Waals surface area (Å²) >= 11 is 0. The molecule has 0 heterocycles. The molecule has 66 valence electrons. The lowest BCUT2D eigenvalue weighted by atomic mass is 9.69. The summed E-state index contributed by atoms with van der Waals surface area (Å²) in [4.78, 5) is 0. The fourth-order valence-corrected chi connectivity index (χ4v) is 3.81. The smallest absolute Gasteiger partial charge is 0.0781 e. The van der Waals surface area contributed by atoms with Gasteiger partial charge in [-0.3, -0.25) is 0 Å². The first-order valence-electron chi connectivity index (χ1n) is 5.12. The highest BCUT2D eigenvalue weighted by atomic mass is 16.3. The first-order valence-corrected chi connectivity index (χ1v) is 5.12. The van der Waals surface area contributed by atoms with Crippen molar-refractivity contribution in [2.45, 2.75) is 31.8 Å². The second-order valence-corrected chi connectivity index (χ2v) is 4.95. The molecule has 0 aliphatic heterocycles. The Labute approximate surface area is 73.5 Å². The summed E-state index contributed by atoms with van der Waals surface area (Å²) in [5, 5.41) is 9.95. The van der Waals surface area contributed by atoms with Gasteiger partial charge in [-0.15, -0.1) is 0 Å². The molecule has 3 fully saturated rings. The van der Waals surface area contributed by atoms with Gasteiger partial charge in [0.2, 0.25) is 0 Å². The van der Waals surface area contributed by atoms with Crippen molar-refractivity contribution in [2.24, 2.45) is 23.7 Å². The van der Waals surface area contributed by atoms with E-state index in [1.54, 1.807) is 0 Å². The van der Waals surface area contributed by atoms with Crippen molar-refractivity contribution >= 4 is 0 Å². The van der Waals surface area contributed by atoms with Crippen molar-refractivity contribution < 1.29 is 5.11 Å². The fraction of sp³-hybridized carbons (Fsp3) is 0.818. The molecule has 0 unspecified atom stereocenters. The average molecular weight is 164 g/mol. The molecule has 3 aliphatic carbocycles. The van der Waals surface area contributed by atoms with E-state index >= 15 is 0 Å². The van der Waals surface area contributed by atoms with E-state index in [2.05, 4.69) is 6.58 Å². The maximum atomic E-state index is 9.95. The van der Waals surface area contributed by atoms with Gasteiger partial charge in [-0.05, 0) is 54.9 Å². The van der Waals surface area contributed by atoms with Gasteiger partial charge >= 0.3 is 0 Å². The highest BCUT2D eigenvalue weighted by molar-refractivity contribution is 5.19. The Morgan fingerprint density at radius 1 is 1.17 bits per heavy atom. The van der Waals surface area contributed by atoms with E-state index in [0.717, 1.165) is 17.4 Å². The Morgan fingerprint density at radius 2 is 2.00 bits per heavy atom. The molecule has 3 saturated carbocycles. The van der Waals surface area contributed by atoms with Crippen molar-refractivity contribution in [3.05, 3.63) is 12.2 Å². The van der Waals surface area contributed by atoms with Crippen molar-refractivity contribution in [3.8, 4) is 0 Å². The third kappa shape index (κ3) is 0.731. The zero-order chi connectivity index (χ0) is 8.29. The summed E-state index contributed by atoms with van der Waals surface area (Å²) in [5.74, 6) is 3.02. The third-order valence-corrected chi connectivity index (χ3v) is 4.36. The van der Waals surface area contributed by atoms with Crippen molar-refractivity contribution in [3.63, 3.8) is 0 Å². The van der Waals surface area contributed by atoms with E-state index in [-0.39, 0.29) is 6.10 Å². The van der Waals surface area contributed by atoms with Crippen LogP contribution in [0.2, 0.25) is 0 Å². The normalized spacial score (nSPS) is 56.4. The van der Waals surface area contributed by atoms with Gasteiger partial charge in [-0.1, -0.05) is 6.58 Å². The summed E-state index contributed by atoms with van der Waals surface area (Å²) < 4.78 is 0. The van der Waals surface area contributed by atoms with Crippen LogP contribution < -0.4 is 0 Å². The molecule has 0 amide bonds. The predicted molar refractivity (Wildman–Crippen MR) is 47.6 cm³/mol. The van der Waals surface area contributed by atoms with E-state index in [4.69, 9.17) is 0 Å². The number of rotatable bonds is 0. The molecule has 1 heteroatoms. The lowest BCUT2D eigenvalue weighted by molar-refractivity contribution is 0.0720. The number of fused-ring (bicyclic) bond motifs is 2. The zero-order valence-electron chi connectivity index (χ0n) is 7.37. The first-order chi connectivity index (χ1) is 5.75. The quantitative estimate of drug-likeness (QED) is 0.543. The Bertz CT molecular complexity index is 227. The molecule has 0 aromatic heterocycles. The van der Waals surface area contributed by atoms with Gasteiger partial charge in [-0.2, -0.15) is 0 Å². The maximum absolute atomic E-state index is 9.95. The highest BCUT2D eigenvalue weighted by Gasteiger charge is 2.49. The van der Waals surface area contributed by atoms with Gasteiger partial charge in [-0.25, -0.2) is 0 Å². The summed E-state index contributed by atoms with van der Waals surface area (Å²) in [6, 6.07) is 0. The molecular formula is C11H16O. The van der Waals surface area contributed by atoms with Gasteiger partial charge in [0.05, 0.1) is 6.10 Å². The van der Waals surface area contributed by atoms with Crippen LogP contribution in [-0.4, -0.2) is 11.2 Å². The summed E-state index contributed by atoms with van der Waals surface area (Å²) in [6.45, 7) is 4.04. The predicted octanol–water partition coefficient (Wildman–Crippen LogP) is 1.97. The molecule has 12 heavy (non-hydrogen) atoms.